The number of ketones is 1. The van der Waals surface area contributed by atoms with Crippen molar-refractivity contribution < 1.29 is 23.6 Å². The molecule has 0 aromatic heterocycles. The van der Waals surface area contributed by atoms with Crippen molar-refractivity contribution in [1.29, 1.82) is 0 Å². The highest BCUT2D eigenvalue weighted by Crippen LogP contribution is 2.32. The van der Waals surface area contributed by atoms with E-state index < -0.39 is 23.5 Å². The third-order valence-electron chi connectivity index (χ3n) is 5.11. The molecule has 10 heteroatoms. The van der Waals surface area contributed by atoms with E-state index in [0.717, 1.165) is 17.0 Å². The third-order valence-corrected chi connectivity index (χ3v) is 5.75. The summed E-state index contributed by atoms with van der Waals surface area (Å²) < 4.78 is 13.5. The number of benzene rings is 3. The minimum absolute atomic E-state index is 0.0577. The monoisotopic (exact) mass is 511 g/mol. The highest BCUT2D eigenvalue weighted by Gasteiger charge is 2.39. The molecule has 1 aliphatic heterocycles. The Bertz CT molecular complexity index is 1440. The van der Waals surface area contributed by atoms with Crippen LogP contribution in [0.25, 0.3) is 0 Å². The second-order valence-corrected chi connectivity index (χ2v) is 8.32. The summed E-state index contributed by atoms with van der Waals surface area (Å²) in [6.45, 7) is 1.43. The minimum atomic E-state index is -0.805. The van der Waals surface area contributed by atoms with Crippen molar-refractivity contribution in [3.63, 3.8) is 0 Å². The first-order valence-electron chi connectivity index (χ1n) is 10.2. The van der Waals surface area contributed by atoms with Crippen LogP contribution in [0.3, 0.4) is 0 Å². The predicted molar refractivity (Wildman–Crippen MR) is 131 cm³/mol. The molecule has 0 saturated heterocycles. The molecule has 2 N–H and O–H groups in total. The number of anilines is 3. The summed E-state index contributed by atoms with van der Waals surface area (Å²) in [6.07, 6.45) is 0. The van der Waals surface area contributed by atoms with Crippen LogP contribution in [0.5, 0.6) is 0 Å². The third kappa shape index (κ3) is 4.94. The summed E-state index contributed by atoms with van der Waals surface area (Å²) >= 11 is 11.9. The van der Waals surface area contributed by atoms with Gasteiger partial charge < -0.3 is 10.6 Å². The van der Waals surface area contributed by atoms with Crippen molar-refractivity contribution in [3.8, 4) is 0 Å². The van der Waals surface area contributed by atoms with Gasteiger partial charge in [-0.1, -0.05) is 41.4 Å². The van der Waals surface area contributed by atoms with Gasteiger partial charge in [-0.05, 0) is 55.5 Å². The minimum Gasteiger partial charge on any atom is -0.350 e. The van der Waals surface area contributed by atoms with Crippen LogP contribution < -0.4 is 15.5 Å². The molecule has 0 unspecified atom stereocenters. The summed E-state index contributed by atoms with van der Waals surface area (Å²) in [5.41, 5.74) is 1.32. The Labute approximate surface area is 209 Å². The number of hydrogen-bond donors (Lipinski definition) is 2. The van der Waals surface area contributed by atoms with Crippen LogP contribution in [0.15, 0.2) is 77.5 Å². The molecular formula is C25H16Cl2FN3O4. The lowest BCUT2D eigenvalue weighted by Crippen LogP contribution is -2.32. The second-order valence-electron chi connectivity index (χ2n) is 7.53. The van der Waals surface area contributed by atoms with Gasteiger partial charge in [0.2, 0.25) is 0 Å². The average Bonchev–Trinajstić information content (AvgIpc) is 3.04. The van der Waals surface area contributed by atoms with Gasteiger partial charge in [-0.25, -0.2) is 9.29 Å². The first kappa shape index (κ1) is 24.1. The Balaban J connectivity index is 1.54. The van der Waals surface area contributed by atoms with Crippen molar-refractivity contribution in [2.45, 2.75) is 6.92 Å². The first-order chi connectivity index (χ1) is 16.7. The molecule has 176 valence electrons. The van der Waals surface area contributed by atoms with Gasteiger partial charge in [-0.2, -0.15) is 0 Å². The molecule has 0 saturated carbocycles. The van der Waals surface area contributed by atoms with Crippen molar-refractivity contribution in [1.82, 2.24) is 0 Å². The number of imide groups is 1. The lowest BCUT2D eigenvalue weighted by molar-refractivity contribution is -0.120. The van der Waals surface area contributed by atoms with E-state index in [9.17, 15) is 23.6 Å². The fourth-order valence-electron chi connectivity index (χ4n) is 3.37. The quantitative estimate of drug-likeness (QED) is 0.342. The summed E-state index contributed by atoms with van der Waals surface area (Å²) in [6, 6.07) is 16.1. The maximum Gasteiger partial charge on any atom is 0.283 e. The zero-order valence-corrected chi connectivity index (χ0v) is 19.6. The summed E-state index contributed by atoms with van der Waals surface area (Å²) in [7, 11) is 0. The number of Topliss-reactive ketones (excluding diaryl/α,β-unsaturated/α-hetero) is 1. The van der Waals surface area contributed by atoms with Crippen LogP contribution in [0.2, 0.25) is 5.02 Å². The van der Waals surface area contributed by atoms with E-state index >= 15 is 0 Å². The maximum absolute atomic E-state index is 13.5. The number of nitrogens with one attached hydrogen (secondary N) is 2. The van der Waals surface area contributed by atoms with Gasteiger partial charge in [0, 0.05) is 22.5 Å². The smallest absolute Gasteiger partial charge is 0.283 e. The van der Waals surface area contributed by atoms with E-state index in [-0.39, 0.29) is 32.8 Å². The van der Waals surface area contributed by atoms with Gasteiger partial charge in [0.15, 0.2) is 5.78 Å². The number of rotatable bonds is 6. The van der Waals surface area contributed by atoms with Gasteiger partial charge in [-0.3, -0.25) is 19.2 Å². The molecule has 3 aromatic carbocycles. The molecule has 7 nitrogen and oxygen atoms in total. The Hall–Kier alpha value is -4.01. The van der Waals surface area contributed by atoms with E-state index in [2.05, 4.69) is 10.6 Å². The van der Waals surface area contributed by atoms with Gasteiger partial charge in [0.05, 0.1) is 10.7 Å². The standard InChI is InChI=1S/C25H16Cl2FN3O4/c1-13(32)14-4-2-7-17(10-14)30-23(33)15-5-3-6-16(11-15)29-22-21(27)24(34)31(25(22)35)18-8-9-20(28)19(26)12-18/h2-12,29H,1H3,(H,30,33). The molecule has 0 radical (unpaired) electrons. The number of carbonyl (C=O) groups is 4. The van der Waals surface area contributed by atoms with E-state index in [1.54, 1.807) is 42.5 Å². The van der Waals surface area contributed by atoms with E-state index in [1.807, 2.05) is 0 Å². The molecule has 0 spiro atoms. The van der Waals surface area contributed by atoms with E-state index in [4.69, 9.17) is 23.2 Å². The second kappa shape index (κ2) is 9.69. The molecule has 0 aliphatic carbocycles. The molecule has 4 rings (SSSR count). The van der Waals surface area contributed by atoms with Gasteiger partial charge >= 0.3 is 0 Å². The summed E-state index contributed by atoms with van der Waals surface area (Å²) in [5.74, 6) is -2.86. The molecule has 0 fully saturated rings. The van der Waals surface area contributed by atoms with Crippen LogP contribution in [0, 0.1) is 5.82 Å². The number of nitrogens with zero attached hydrogens (tertiary/aromatic N) is 1. The first-order valence-corrected chi connectivity index (χ1v) is 10.9. The normalized spacial score (nSPS) is 13.3. The summed E-state index contributed by atoms with van der Waals surface area (Å²) in [5, 5.41) is 4.87. The van der Waals surface area contributed by atoms with Crippen LogP contribution in [0.4, 0.5) is 21.5 Å². The topological polar surface area (TPSA) is 95.6 Å². The van der Waals surface area contributed by atoms with E-state index in [0.29, 0.717) is 16.9 Å². The highest BCUT2D eigenvalue weighted by molar-refractivity contribution is 6.53. The zero-order chi connectivity index (χ0) is 25.3. The zero-order valence-electron chi connectivity index (χ0n) is 18.1. The van der Waals surface area contributed by atoms with Crippen molar-refractivity contribution in [2.75, 3.05) is 15.5 Å². The Morgan fingerprint density at radius 2 is 1.51 bits per heavy atom. The highest BCUT2D eigenvalue weighted by atomic mass is 35.5. The largest absolute Gasteiger partial charge is 0.350 e. The number of hydrogen-bond acceptors (Lipinski definition) is 5. The van der Waals surface area contributed by atoms with Gasteiger partial charge in [0.25, 0.3) is 17.7 Å². The average molecular weight is 512 g/mol. The maximum atomic E-state index is 13.5. The predicted octanol–water partition coefficient (Wildman–Crippen LogP) is 5.37. The fourth-order valence-corrected chi connectivity index (χ4v) is 3.76. The molecule has 0 atom stereocenters. The number of amides is 3. The van der Waals surface area contributed by atoms with Crippen LogP contribution in [-0.2, 0) is 9.59 Å². The lowest BCUT2D eigenvalue weighted by atomic mass is 10.1. The number of carbonyl (C=O) groups excluding carboxylic acids is 4. The Kier molecular flexibility index (Phi) is 6.68. The SMILES string of the molecule is CC(=O)c1cccc(NC(=O)c2cccc(NC3=C(Cl)C(=O)N(c4ccc(F)c(Cl)c4)C3=O)c2)c1. The van der Waals surface area contributed by atoms with Crippen LogP contribution >= 0.6 is 23.2 Å². The fraction of sp³-hybridized carbons (Fsp3) is 0.0400. The molecule has 1 heterocycles. The Morgan fingerprint density at radius 1 is 0.857 bits per heavy atom. The van der Waals surface area contributed by atoms with Gasteiger partial charge in [0.1, 0.15) is 16.5 Å². The van der Waals surface area contributed by atoms with Crippen molar-refractivity contribution >= 4 is 63.8 Å². The molecule has 35 heavy (non-hydrogen) atoms. The molecule has 3 aromatic rings. The number of halogens is 3. The van der Waals surface area contributed by atoms with Crippen molar-refractivity contribution in [2.24, 2.45) is 0 Å². The molecule has 0 bridgehead atoms. The Morgan fingerprint density at radius 3 is 2.20 bits per heavy atom. The van der Waals surface area contributed by atoms with Crippen LogP contribution in [0.1, 0.15) is 27.6 Å². The molecular weight excluding hydrogens is 496 g/mol. The molecule has 1 aliphatic rings. The lowest BCUT2D eigenvalue weighted by Gasteiger charge is -2.15. The molecule has 3 amide bonds. The van der Waals surface area contributed by atoms with Gasteiger partial charge in [-0.15, -0.1) is 0 Å². The van der Waals surface area contributed by atoms with E-state index in [1.165, 1.54) is 19.1 Å². The van der Waals surface area contributed by atoms with Crippen LogP contribution in [-0.4, -0.2) is 23.5 Å². The summed E-state index contributed by atoms with van der Waals surface area (Å²) in [4.78, 5) is 50.6. The van der Waals surface area contributed by atoms with Crippen molar-refractivity contribution in [3.05, 3.63) is 99.4 Å².